The Morgan fingerprint density at radius 3 is 2.85 bits per heavy atom. The summed E-state index contributed by atoms with van der Waals surface area (Å²) >= 11 is 5.64. The largest absolute Gasteiger partial charge is 0.452 e. The van der Waals surface area contributed by atoms with Crippen LogP contribution >= 0.6 is 11.6 Å². The van der Waals surface area contributed by atoms with Gasteiger partial charge in [0.15, 0.2) is 6.61 Å². The number of ether oxygens (including phenoxy) is 1. The van der Waals surface area contributed by atoms with Gasteiger partial charge in [0, 0.05) is 13.0 Å². The van der Waals surface area contributed by atoms with Crippen LogP contribution in [-0.2, 0) is 11.3 Å². The van der Waals surface area contributed by atoms with Crippen LogP contribution < -0.4 is 0 Å². The number of hydrogen-bond donors (Lipinski definition) is 0. The SMILES string of the molecule is Cc1nnc(COC(=O)c2ccc(Cl)c([N+](=O)[O-])c2)o1. The van der Waals surface area contributed by atoms with E-state index in [1.54, 1.807) is 6.92 Å². The number of hydrogen-bond acceptors (Lipinski definition) is 7. The normalized spacial score (nSPS) is 10.3. The number of nitrogens with zero attached hydrogens (tertiary/aromatic N) is 3. The number of aryl methyl sites for hydroxylation is 1. The highest BCUT2D eigenvalue weighted by atomic mass is 35.5. The lowest BCUT2D eigenvalue weighted by atomic mass is 10.2. The highest BCUT2D eigenvalue weighted by molar-refractivity contribution is 6.32. The van der Waals surface area contributed by atoms with Crippen molar-refractivity contribution in [1.82, 2.24) is 10.2 Å². The molecule has 0 aliphatic carbocycles. The molecule has 0 saturated heterocycles. The van der Waals surface area contributed by atoms with Crippen LogP contribution in [0.15, 0.2) is 22.6 Å². The highest BCUT2D eigenvalue weighted by Gasteiger charge is 2.17. The number of esters is 1. The van der Waals surface area contributed by atoms with Crippen molar-refractivity contribution in [1.29, 1.82) is 0 Å². The summed E-state index contributed by atoms with van der Waals surface area (Å²) < 4.78 is 9.92. The molecule has 0 atom stereocenters. The summed E-state index contributed by atoms with van der Waals surface area (Å²) in [5.74, 6) is -0.266. The molecular formula is C11H8ClN3O5. The van der Waals surface area contributed by atoms with Crippen molar-refractivity contribution in [3.05, 3.63) is 50.7 Å². The van der Waals surface area contributed by atoms with E-state index >= 15 is 0 Å². The smallest absolute Gasteiger partial charge is 0.338 e. The van der Waals surface area contributed by atoms with Crippen molar-refractivity contribution >= 4 is 23.3 Å². The zero-order chi connectivity index (χ0) is 14.7. The summed E-state index contributed by atoms with van der Waals surface area (Å²) in [5, 5.41) is 17.9. The number of nitro benzene ring substituents is 1. The average molecular weight is 298 g/mol. The number of nitro groups is 1. The topological polar surface area (TPSA) is 108 Å². The van der Waals surface area contributed by atoms with Gasteiger partial charge < -0.3 is 9.15 Å². The first-order valence-corrected chi connectivity index (χ1v) is 5.75. The third-order valence-corrected chi connectivity index (χ3v) is 2.59. The predicted molar refractivity (Wildman–Crippen MR) is 66.3 cm³/mol. The second-order valence-electron chi connectivity index (χ2n) is 3.71. The molecule has 0 aliphatic heterocycles. The van der Waals surface area contributed by atoms with Gasteiger partial charge in [-0.25, -0.2) is 4.79 Å². The fraction of sp³-hybridized carbons (Fsp3) is 0.182. The molecule has 0 fully saturated rings. The Kier molecular flexibility index (Phi) is 3.94. The van der Waals surface area contributed by atoms with Crippen LogP contribution in [0, 0.1) is 17.0 Å². The molecule has 0 saturated carbocycles. The number of rotatable bonds is 4. The molecule has 0 bridgehead atoms. The maximum absolute atomic E-state index is 11.7. The van der Waals surface area contributed by atoms with Crippen molar-refractivity contribution < 1.29 is 18.9 Å². The molecule has 0 N–H and O–H groups in total. The van der Waals surface area contributed by atoms with Crippen LogP contribution in [0.2, 0.25) is 5.02 Å². The van der Waals surface area contributed by atoms with Gasteiger partial charge in [0.05, 0.1) is 10.5 Å². The molecule has 2 rings (SSSR count). The summed E-state index contributed by atoms with van der Waals surface area (Å²) in [6, 6.07) is 3.63. The zero-order valence-corrected chi connectivity index (χ0v) is 11.0. The minimum Gasteiger partial charge on any atom is -0.452 e. The lowest BCUT2D eigenvalue weighted by Gasteiger charge is -2.02. The maximum atomic E-state index is 11.7. The van der Waals surface area contributed by atoms with Gasteiger partial charge >= 0.3 is 5.97 Å². The molecule has 0 spiro atoms. The van der Waals surface area contributed by atoms with Gasteiger partial charge in [-0.2, -0.15) is 0 Å². The first kappa shape index (κ1) is 13.9. The zero-order valence-electron chi connectivity index (χ0n) is 10.2. The Bertz CT molecular complexity index is 670. The molecule has 1 aromatic heterocycles. The number of benzene rings is 1. The number of carbonyl (C=O) groups excluding carboxylic acids is 1. The summed E-state index contributed by atoms with van der Waals surface area (Å²) in [6.45, 7) is 1.39. The Morgan fingerprint density at radius 2 is 2.25 bits per heavy atom. The van der Waals surface area contributed by atoms with E-state index in [1.165, 1.54) is 12.1 Å². The average Bonchev–Trinajstić information content (AvgIpc) is 2.82. The van der Waals surface area contributed by atoms with Crippen LogP contribution in [0.5, 0.6) is 0 Å². The fourth-order valence-electron chi connectivity index (χ4n) is 1.39. The lowest BCUT2D eigenvalue weighted by molar-refractivity contribution is -0.384. The third-order valence-electron chi connectivity index (χ3n) is 2.27. The van der Waals surface area contributed by atoms with E-state index < -0.39 is 10.9 Å². The Hall–Kier alpha value is -2.48. The third kappa shape index (κ3) is 3.09. The molecule has 0 amide bonds. The molecule has 20 heavy (non-hydrogen) atoms. The number of aromatic nitrogens is 2. The molecular weight excluding hydrogens is 290 g/mol. The molecule has 0 unspecified atom stereocenters. The molecule has 104 valence electrons. The standard InChI is InChI=1S/C11H8ClN3O5/c1-6-13-14-10(20-6)5-19-11(16)7-2-3-8(12)9(4-7)15(17)18/h2-4H,5H2,1H3. The van der Waals surface area contributed by atoms with Gasteiger partial charge in [0.2, 0.25) is 5.89 Å². The maximum Gasteiger partial charge on any atom is 0.338 e. The van der Waals surface area contributed by atoms with E-state index in [9.17, 15) is 14.9 Å². The quantitative estimate of drug-likeness (QED) is 0.484. The van der Waals surface area contributed by atoms with Crippen LogP contribution in [0.4, 0.5) is 5.69 Å². The van der Waals surface area contributed by atoms with E-state index in [0.29, 0.717) is 5.89 Å². The predicted octanol–water partition coefficient (Wildman–Crippen LogP) is 2.30. The monoisotopic (exact) mass is 297 g/mol. The molecule has 1 heterocycles. The highest BCUT2D eigenvalue weighted by Crippen LogP contribution is 2.25. The first-order valence-electron chi connectivity index (χ1n) is 5.37. The van der Waals surface area contributed by atoms with Crippen LogP contribution in [-0.4, -0.2) is 21.1 Å². The Balaban J connectivity index is 2.09. The van der Waals surface area contributed by atoms with Gasteiger partial charge in [-0.15, -0.1) is 10.2 Å². The van der Waals surface area contributed by atoms with Crippen LogP contribution in [0.3, 0.4) is 0 Å². The number of carbonyl (C=O) groups is 1. The Morgan fingerprint density at radius 1 is 1.50 bits per heavy atom. The van der Waals surface area contributed by atoms with Gasteiger partial charge in [0.25, 0.3) is 11.6 Å². The van der Waals surface area contributed by atoms with Crippen molar-refractivity contribution in [3.63, 3.8) is 0 Å². The van der Waals surface area contributed by atoms with Crippen LogP contribution in [0.1, 0.15) is 22.1 Å². The van der Waals surface area contributed by atoms with Crippen molar-refractivity contribution in [3.8, 4) is 0 Å². The van der Waals surface area contributed by atoms with Crippen LogP contribution in [0.25, 0.3) is 0 Å². The fourth-order valence-corrected chi connectivity index (χ4v) is 1.57. The van der Waals surface area contributed by atoms with Crippen molar-refractivity contribution in [2.24, 2.45) is 0 Å². The molecule has 9 heteroatoms. The van der Waals surface area contributed by atoms with Gasteiger partial charge in [0.1, 0.15) is 5.02 Å². The lowest BCUT2D eigenvalue weighted by Crippen LogP contribution is -2.06. The van der Waals surface area contributed by atoms with Gasteiger partial charge in [-0.05, 0) is 12.1 Å². The van der Waals surface area contributed by atoms with Crippen molar-refractivity contribution in [2.45, 2.75) is 13.5 Å². The van der Waals surface area contributed by atoms with Crippen molar-refractivity contribution in [2.75, 3.05) is 0 Å². The summed E-state index contributed by atoms with van der Waals surface area (Å²) in [7, 11) is 0. The summed E-state index contributed by atoms with van der Waals surface area (Å²) in [6.07, 6.45) is 0. The van der Waals surface area contributed by atoms with Gasteiger partial charge in [-0.1, -0.05) is 11.6 Å². The summed E-state index contributed by atoms with van der Waals surface area (Å²) in [5.41, 5.74) is -0.355. The van der Waals surface area contributed by atoms with E-state index in [0.717, 1.165) is 6.07 Å². The van der Waals surface area contributed by atoms with Gasteiger partial charge in [-0.3, -0.25) is 10.1 Å². The molecule has 8 nitrogen and oxygen atoms in total. The van der Waals surface area contributed by atoms with E-state index in [1.807, 2.05) is 0 Å². The molecule has 0 aliphatic rings. The second-order valence-corrected chi connectivity index (χ2v) is 4.12. The molecule has 2 aromatic rings. The van der Waals surface area contributed by atoms with E-state index in [2.05, 4.69) is 10.2 Å². The van der Waals surface area contributed by atoms with E-state index in [4.69, 9.17) is 20.8 Å². The van der Waals surface area contributed by atoms with E-state index in [-0.39, 0.29) is 28.8 Å². The minimum atomic E-state index is -0.749. The molecule has 0 radical (unpaired) electrons. The summed E-state index contributed by atoms with van der Waals surface area (Å²) in [4.78, 5) is 21.8. The number of halogens is 1. The Labute approximate surface area is 117 Å². The molecule has 1 aromatic carbocycles. The minimum absolute atomic E-state index is 0.0114. The second kappa shape index (κ2) is 5.66. The first-order chi connectivity index (χ1) is 9.47.